The Kier molecular flexibility index (Phi) is 5.96. The highest BCUT2D eigenvalue weighted by Gasteiger charge is 2.14. The number of hydrogen-bond donors (Lipinski definition) is 1. The second kappa shape index (κ2) is 7.02. The molecular formula is C13H20BrN. The molecule has 1 N–H and O–H groups in total. The Hall–Kier alpha value is -0.340. The van der Waals surface area contributed by atoms with Crippen LogP contribution in [0.3, 0.4) is 0 Å². The molecule has 1 nitrogen and oxygen atoms in total. The van der Waals surface area contributed by atoms with Crippen molar-refractivity contribution in [1.82, 2.24) is 5.32 Å². The molecule has 15 heavy (non-hydrogen) atoms. The maximum absolute atomic E-state index is 3.45. The van der Waals surface area contributed by atoms with Crippen LogP contribution in [-0.2, 0) is 0 Å². The minimum atomic E-state index is 0.724. The molecule has 1 unspecified atom stereocenters. The van der Waals surface area contributed by atoms with Crippen molar-refractivity contribution in [3.8, 4) is 0 Å². The van der Waals surface area contributed by atoms with Crippen LogP contribution in [0.15, 0.2) is 28.7 Å². The second-order valence-electron chi connectivity index (χ2n) is 3.59. The van der Waals surface area contributed by atoms with E-state index in [1.54, 1.807) is 0 Å². The van der Waals surface area contributed by atoms with Crippen LogP contribution in [0.2, 0.25) is 0 Å². The summed E-state index contributed by atoms with van der Waals surface area (Å²) in [5, 5.41) is 3.44. The summed E-state index contributed by atoms with van der Waals surface area (Å²) >= 11 is 3.45. The van der Waals surface area contributed by atoms with Crippen LogP contribution >= 0.6 is 15.9 Å². The van der Waals surface area contributed by atoms with Gasteiger partial charge in [-0.1, -0.05) is 41.9 Å². The van der Waals surface area contributed by atoms with Crippen LogP contribution < -0.4 is 5.32 Å². The molecule has 1 aromatic carbocycles. The van der Waals surface area contributed by atoms with Gasteiger partial charge in [0.1, 0.15) is 0 Å². The van der Waals surface area contributed by atoms with E-state index >= 15 is 0 Å². The maximum atomic E-state index is 3.45. The van der Waals surface area contributed by atoms with Crippen molar-refractivity contribution in [2.75, 3.05) is 13.1 Å². The first-order valence-corrected chi connectivity index (χ1v) is 6.62. The number of hydrogen-bond acceptors (Lipinski definition) is 1. The van der Waals surface area contributed by atoms with Crippen molar-refractivity contribution in [2.45, 2.75) is 32.6 Å². The van der Waals surface area contributed by atoms with Crippen LogP contribution in [0.5, 0.6) is 0 Å². The van der Waals surface area contributed by atoms with Crippen LogP contribution in [-0.4, -0.2) is 13.1 Å². The van der Waals surface area contributed by atoms with Crippen LogP contribution in [0.25, 0.3) is 0 Å². The zero-order valence-corrected chi connectivity index (χ0v) is 11.2. The van der Waals surface area contributed by atoms with Crippen molar-refractivity contribution < 1.29 is 0 Å². The van der Waals surface area contributed by atoms with Crippen LogP contribution in [0.4, 0.5) is 0 Å². The SMILES string of the molecule is Brc1ccc(C2CCCNC2)cc1.CC. The zero-order chi connectivity index (χ0) is 11.1. The van der Waals surface area contributed by atoms with E-state index in [0.717, 1.165) is 12.5 Å². The molecule has 0 aromatic heterocycles. The lowest BCUT2D eigenvalue weighted by atomic mass is 9.92. The molecule has 0 saturated carbocycles. The van der Waals surface area contributed by atoms with Gasteiger partial charge in [0.2, 0.25) is 0 Å². The first-order valence-electron chi connectivity index (χ1n) is 5.82. The molecule has 0 amide bonds. The molecule has 0 aliphatic carbocycles. The van der Waals surface area contributed by atoms with E-state index < -0.39 is 0 Å². The molecule has 0 bridgehead atoms. The van der Waals surface area contributed by atoms with Gasteiger partial charge in [-0.3, -0.25) is 0 Å². The van der Waals surface area contributed by atoms with Gasteiger partial charge >= 0.3 is 0 Å². The highest BCUT2D eigenvalue weighted by Crippen LogP contribution is 2.24. The fraction of sp³-hybridized carbons (Fsp3) is 0.538. The molecule has 2 rings (SSSR count). The Morgan fingerprint density at radius 2 is 1.87 bits per heavy atom. The number of nitrogens with one attached hydrogen (secondary N) is 1. The fourth-order valence-corrected chi connectivity index (χ4v) is 2.14. The Labute approximate surface area is 101 Å². The predicted octanol–water partition coefficient (Wildman–Crippen LogP) is 3.94. The Bertz CT molecular complexity index is 262. The minimum absolute atomic E-state index is 0.724. The lowest BCUT2D eigenvalue weighted by Crippen LogP contribution is -2.28. The third kappa shape index (κ3) is 3.96. The average molecular weight is 270 g/mol. The van der Waals surface area contributed by atoms with Crippen molar-refractivity contribution in [2.24, 2.45) is 0 Å². The Balaban J connectivity index is 0.000000531. The largest absolute Gasteiger partial charge is 0.316 e. The fourth-order valence-electron chi connectivity index (χ4n) is 1.87. The Morgan fingerprint density at radius 1 is 1.20 bits per heavy atom. The topological polar surface area (TPSA) is 12.0 Å². The first-order chi connectivity index (χ1) is 7.36. The summed E-state index contributed by atoms with van der Waals surface area (Å²) in [6.45, 7) is 6.33. The molecule has 1 aromatic rings. The summed E-state index contributed by atoms with van der Waals surface area (Å²) in [6.07, 6.45) is 2.63. The van der Waals surface area contributed by atoms with E-state index in [9.17, 15) is 0 Å². The van der Waals surface area contributed by atoms with Crippen molar-refractivity contribution >= 4 is 15.9 Å². The quantitative estimate of drug-likeness (QED) is 0.815. The summed E-state index contributed by atoms with van der Waals surface area (Å²) in [7, 11) is 0. The van der Waals surface area contributed by atoms with E-state index in [2.05, 4.69) is 45.5 Å². The van der Waals surface area contributed by atoms with Crippen molar-refractivity contribution in [3.05, 3.63) is 34.3 Å². The van der Waals surface area contributed by atoms with Gasteiger partial charge in [0.05, 0.1) is 0 Å². The van der Waals surface area contributed by atoms with Gasteiger partial charge in [0.15, 0.2) is 0 Å². The monoisotopic (exact) mass is 269 g/mol. The summed E-state index contributed by atoms with van der Waals surface area (Å²) in [4.78, 5) is 0. The summed E-state index contributed by atoms with van der Waals surface area (Å²) < 4.78 is 1.17. The molecule has 1 aliphatic rings. The first kappa shape index (κ1) is 12.7. The molecule has 1 fully saturated rings. The third-order valence-electron chi connectivity index (χ3n) is 2.64. The van der Waals surface area contributed by atoms with E-state index in [-0.39, 0.29) is 0 Å². The summed E-state index contributed by atoms with van der Waals surface area (Å²) in [5.74, 6) is 0.724. The molecule has 84 valence electrons. The van der Waals surface area contributed by atoms with Crippen molar-refractivity contribution in [3.63, 3.8) is 0 Å². The van der Waals surface area contributed by atoms with Gasteiger partial charge in [-0.25, -0.2) is 0 Å². The standard InChI is InChI=1S/C11H14BrN.C2H6/c12-11-5-3-9(4-6-11)10-2-1-7-13-8-10;1-2/h3-6,10,13H,1-2,7-8H2;1-2H3. The number of halogens is 1. The van der Waals surface area contributed by atoms with E-state index in [0.29, 0.717) is 0 Å². The molecule has 1 heterocycles. The van der Waals surface area contributed by atoms with Gasteiger partial charge in [-0.05, 0) is 43.0 Å². The summed E-state index contributed by atoms with van der Waals surface area (Å²) in [5.41, 5.74) is 1.47. The normalized spacial score (nSPS) is 20.3. The average Bonchev–Trinajstić information content (AvgIpc) is 2.34. The van der Waals surface area contributed by atoms with Gasteiger partial charge in [0, 0.05) is 11.0 Å². The highest BCUT2D eigenvalue weighted by atomic mass is 79.9. The second-order valence-corrected chi connectivity index (χ2v) is 4.51. The smallest absolute Gasteiger partial charge is 0.0175 e. The molecular weight excluding hydrogens is 250 g/mol. The molecule has 1 atom stereocenters. The van der Waals surface area contributed by atoms with Gasteiger partial charge in [-0.15, -0.1) is 0 Å². The highest BCUT2D eigenvalue weighted by molar-refractivity contribution is 9.10. The number of benzene rings is 1. The lowest BCUT2D eigenvalue weighted by Gasteiger charge is -2.22. The number of piperidine rings is 1. The molecule has 2 heteroatoms. The van der Waals surface area contributed by atoms with E-state index in [4.69, 9.17) is 0 Å². The maximum Gasteiger partial charge on any atom is 0.0175 e. The molecule has 1 aliphatic heterocycles. The zero-order valence-electron chi connectivity index (χ0n) is 9.59. The minimum Gasteiger partial charge on any atom is -0.316 e. The van der Waals surface area contributed by atoms with Gasteiger partial charge in [0.25, 0.3) is 0 Å². The Morgan fingerprint density at radius 3 is 2.40 bits per heavy atom. The number of rotatable bonds is 1. The predicted molar refractivity (Wildman–Crippen MR) is 70.3 cm³/mol. The van der Waals surface area contributed by atoms with Gasteiger partial charge in [-0.2, -0.15) is 0 Å². The van der Waals surface area contributed by atoms with Gasteiger partial charge < -0.3 is 5.32 Å². The van der Waals surface area contributed by atoms with E-state index in [1.165, 1.54) is 29.4 Å². The lowest BCUT2D eigenvalue weighted by molar-refractivity contribution is 0.461. The molecule has 0 radical (unpaired) electrons. The molecule has 1 saturated heterocycles. The van der Waals surface area contributed by atoms with E-state index in [1.807, 2.05) is 13.8 Å². The molecule has 0 spiro atoms. The third-order valence-corrected chi connectivity index (χ3v) is 3.17. The van der Waals surface area contributed by atoms with Crippen molar-refractivity contribution in [1.29, 1.82) is 0 Å². The van der Waals surface area contributed by atoms with Crippen LogP contribution in [0, 0.1) is 0 Å². The van der Waals surface area contributed by atoms with Crippen LogP contribution in [0.1, 0.15) is 38.2 Å². The summed E-state index contributed by atoms with van der Waals surface area (Å²) in [6, 6.07) is 8.71.